The Hall–Kier alpha value is -2.08. The van der Waals surface area contributed by atoms with E-state index in [1.165, 1.54) is 32.1 Å². The van der Waals surface area contributed by atoms with Crippen LogP contribution in [0.15, 0.2) is 30.4 Å². The number of benzene rings is 1. The third-order valence-electron chi connectivity index (χ3n) is 3.01. The summed E-state index contributed by atoms with van der Waals surface area (Å²) in [4.78, 5) is 10.2. The lowest BCUT2D eigenvalue weighted by atomic mass is 10.2. The number of ether oxygens (including phenoxy) is 2. The zero-order chi connectivity index (χ0) is 14.5. The second-order valence-electron chi connectivity index (χ2n) is 4.79. The van der Waals surface area contributed by atoms with Gasteiger partial charge in [-0.2, -0.15) is 0 Å². The molecule has 1 saturated carbocycles. The number of non-ortho nitro benzene ring substituents is 1. The van der Waals surface area contributed by atoms with Crippen molar-refractivity contribution in [2.45, 2.75) is 18.9 Å². The molecule has 0 aromatic heterocycles. The summed E-state index contributed by atoms with van der Waals surface area (Å²) in [5.74, 6) is 0.827. The van der Waals surface area contributed by atoms with Gasteiger partial charge < -0.3 is 14.8 Å². The summed E-state index contributed by atoms with van der Waals surface area (Å²) in [5.41, 5.74) is 0.903. The topological polar surface area (TPSA) is 73.6 Å². The van der Waals surface area contributed by atoms with Crippen LogP contribution in [0.4, 0.5) is 5.69 Å². The molecule has 0 radical (unpaired) electrons. The lowest BCUT2D eigenvalue weighted by Gasteiger charge is -2.12. The van der Waals surface area contributed by atoms with Crippen molar-refractivity contribution >= 4 is 5.69 Å². The summed E-state index contributed by atoms with van der Waals surface area (Å²) < 4.78 is 10.7. The largest absolute Gasteiger partial charge is 0.493 e. The van der Waals surface area contributed by atoms with Crippen LogP contribution in [0.2, 0.25) is 0 Å². The lowest BCUT2D eigenvalue weighted by Crippen LogP contribution is -2.21. The molecular weight excluding hydrogens is 260 g/mol. The number of nitrogens with zero attached hydrogens (tertiary/aromatic N) is 1. The third kappa shape index (κ3) is 3.96. The van der Waals surface area contributed by atoms with E-state index >= 15 is 0 Å². The van der Waals surface area contributed by atoms with Gasteiger partial charge in [0.1, 0.15) is 6.61 Å². The van der Waals surface area contributed by atoms with Crippen molar-refractivity contribution in [1.82, 2.24) is 5.32 Å². The quantitative estimate of drug-likeness (QED) is 0.448. The molecule has 20 heavy (non-hydrogen) atoms. The van der Waals surface area contributed by atoms with Gasteiger partial charge in [-0.1, -0.05) is 6.58 Å². The Morgan fingerprint density at radius 2 is 2.25 bits per heavy atom. The maximum absolute atomic E-state index is 10.7. The molecule has 108 valence electrons. The van der Waals surface area contributed by atoms with Crippen molar-refractivity contribution in [2.75, 3.05) is 20.3 Å². The smallest absolute Gasteiger partial charge is 0.273 e. The Morgan fingerprint density at radius 3 is 2.85 bits per heavy atom. The van der Waals surface area contributed by atoms with Gasteiger partial charge in [-0.15, -0.1) is 0 Å². The summed E-state index contributed by atoms with van der Waals surface area (Å²) in [5, 5.41) is 14.0. The van der Waals surface area contributed by atoms with Crippen molar-refractivity contribution < 1.29 is 14.4 Å². The maximum Gasteiger partial charge on any atom is 0.273 e. The SMILES string of the molecule is C=C(CNC1CC1)COc1ccc([N+](=O)[O-])cc1OC. The first kappa shape index (κ1) is 14.3. The molecule has 1 aliphatic rings. The highest BCUT2D eigenvalue weighted by Gasteiger charge is 2.20. The Bertz CT molecular complexity index is 512. The van der Waals surface area contributed by atoms with E-state index in [0.29, 0.717) is 24.1 Å². The molecule has 0 spiro atoms. The van der Waals surface area contributed by atoms with Crippen LogP contribution in [-0.2, 0) is 0 Å². The van der Waals surface area contributed by atoms with Crippen LogP contribution < -0.4 is 14.8 Å². The zero-order valence-electron chi connectivity index (χ0n) is 11.4. The van der Waals surface area contributed by atoms with Crippen LogP contribution in [0.3, 0.4) is 0 Å². The van der Waals surface area contributed by atoms with Crippen LogP contribution in [-0.4, -0.2) is 31.2 Å². The van der Waals surface area contributed by atoms with Gasteiger partial charge in [0.25, 0.3) is 5.69 Å². The van der Waals surface area contributed by atoms with Crippen molar-refractivity contribution in [1.29, 1.82) is 0 Å². The lowest BCUT2D eigenvalue weighted by molar-refractivity contribution is -0.384. The normalized spacial score (nSPS) is 13.8. The van der Waals surface area contributed by atoms with Crippen molar-refractivity contribution in [2.24, 2.45) is 0 Å². The number of hydrogen-bond donors (Lipinski definition) is 1. The monoisotopic (exact) mass is 278 g/mol. The minimum atomic E-state index is -0.467. The van der Waals surface area contributed by atoms with Crippen LogP contribution >= 0.6 is 0 Å². The van der Waals surface area contributed by atoms with Gasteiger partial charge in [0.05, 0.1) is 18.1 Å². The number of rotatable bonds is 8. The van der Waals surface area contributed by atoms with E-state index < -0.39 is 4.92 Å². The summed E-state index contributed by atoms with van der Waals surface area (Å²) >= 11 is 0. The molecular formula is C14H18N2O4. The van der Waals surface area contributed by atoms with Crippen LogP contribution in [0, 0.1) is 10.1 Å². The standard InChI is InChI=1S/C14H18N2O4/c1-10(8-15-11-3-4-11)9-20-13-6-5-12(16(17)18)7-14(13)19-2/h5-7,11,15H,1,3-4,8-9H2,2H3. The number of methoxy groups -OCH3 is 1. The number of hydrogen-bond acceptors (Lipinski definition) is 5. The molecule has 1 fully saturated rings. The Balaban J connectivity index is 1.90. The third-order valence-corrected chi connectivity index (χ3v) is 3.01. The Morgan fingerprint density at radius 1 is 1.50 bits per heavy atom. The highest BCUT2D eigenvalue weighted by molar-refractivity contribution is 5.48. The molecule has 0 heterocycles. The highest BCUT2D eigenvalue weighted by atomic mass is 16.6. The fraction of sp³-hybridized carbons (Fsp3) is 0.429. The zero-order valence-corrected chi connectivity index (χ0v) is 11.4. The summed E-state index contributed by atoms with van der Waals surface area (Å²) in [6.07, 6.45) is 2.45. The average Bonchev–Trinajstić information content (AvgIpc) is 3.26. The molecule has 1 aromatic rings. The number of nitrogens with one attached hydrogen (secondary N) is 1. The van der Waals surface area contributed by atoms with E-state index in [-0.39, 0.29) is 5.69 Å². The maximum atomic E-state index is 10.7. The van der Waals surface area contributed by atoms with Gasteiger partial charge in [0.2, 0.25) is 0 Å². The molecule has 2 rings (SSSR count). The molecule has 0 aliphatic heterocycles. The first-order chi connectivity index (χ1) is 9.60. The van der Waals surface area contributed by atoms with E-state index in [2.05, 4.69) is 11.9 Å². The molecule has 0 atom stereocenters. The van der Waals surface area contributed by atoms with Gasteiger partial charge in [-0.25, -0.2) is 0 Å². The summed E-state index contributed by atoms with van der Waals surface area (Å²) in [6.45, 7) is 5.01. The van der Waals surface area contributed by atoms with Crippen molar-refractivity contribution in [3.05, 3.63) is 40.5 Å². The van der Waals surface area contributed by atoms with Crippen molar-refractivity contribution in [3.63, 3.8) is 0 Å². The Kier molecular flexibility index (Phi) is 4.57. The second kappa shape index (κ2) is 6.38. The minimum absolute atomic E-state index is 0.0246. The van der Waals surface area contributed by atoms with E-state index in [9.17, 15) is 10.1 Å². The van der Waals surface area contributed by atoms with Crippen LogP contribution in [0.1, 0.15) is 12.8 Å². The molecule has 0 unspecified atom stereocenters. The van der Waals surface area contributed by atoms with E-state index in [1.807, 2.05) is 0 Å². The minimum Gasteiger partial charge on any atom is -0.493 e. The Labute approximate surface area is 117 Å². The van der Waals surface area contributed by atoms with Crippen LogP contribution in [0.5, 0.6) is 11.5 Å². The molecule has 6 nitrogen and oxygen atoms in total. The fourth-order valence-corrected chi connectivity index (χ4v) is 1.70. The summed E-state index contributed by atoms with van der Waals surface area (Å²) in [7, 11) is 1.45. The summed E-state index contributed by atoms with van der Waals surface area (Å²) in [6, 6.07) is 4.91. The molecule has 6 heteroatoms. The number of nitro groups is 1. The van der Waals surface area contributed by atoms with E-state index in [0.717, 1.165) is 12.1 Å². The molecule has 0 saturated heterocycles. The highest BCUT2D eigenvalue weighted by Crippen LogP contribution is 2.31. The molecule has 0 bridgehead atoms. The van der Waals surface area contributed by atoms with E-state index in [4.69, 9.17) is 9.47 Å². The molecule has 1 N–H and O–H groups in total. The van der Waals surface area contributed by atoms with Gasteiger partial charge in [0.15, 0.2) is 11.5 Å². The molecule has 1 aromatic carbocycles. The number of nitro benzene ring substituents is 1. The molecule has 0 amide bonds. The fourth-order valence-electron chi connectivity index (χ4n) is 1.70. The second-order valence-corrected chi connectivity index (χ2v) is 4.79. The molecule has 1 aliphatic carbocycles. The predicted octanol–water partition coefficient (Wildman–Crippen LogP) is 2.29. The van der Waals surface area contributed by atoms with Crippen LogP contribution in [0.25, 0.3) is 0 Å². The predicted molar refractivity (Wildman–Crippen MR) is 75.3 cm³/mol. The average molecular weight is 278 g/mol. The van der Waals surface area contributed by atoms with E-state index in [1.54, 1.807) is 6.07 Å². The first-order valence-corrected chi connectivity index (χ1v) is 6.45. The van der Waals surface area contributed by atoms with Crippen molar-refractivity contribution in [3.8, 4) is 11.5 Å². The van der Waals surface area contributed by atoms with Gasteiger partial charge >= 0.3 is 0 Å². The van der Waals surface area contributed by atoms with Gasteiger partial charge in [-0.05, 0) is 24.5 Å². The first-order valence-electron chi connectivity index (χ1n) is 6.45. The van der Waals surface area contributed by atoms with Gasteiger partial charge in [0, 0.05) is 18.7 Å². The van der Waals surface area contributed by atoms with Gasteiger partial charge in [-0.3, -0.25) is 10.1 Å².